The van der Waals surface area contributed by atoms with E-state index in [-0.39, 0.29) is 29.6 Å². The molecule has 8 heteroatoms. The zero-order valence-electron chi connectivity index (χ0n) is 9.45. The topological polar surface area (TPSA) is 61.8 Å². The number of hydrogen-bond acceptors (Lipinski definition) is 5. The fourth-order valence-electron chi connectivity index (χ4n) is 0.872. The fourth-order valence-corrected chi connectivity index (χ4v) is 0.872. The van der Waals surface area contributed by atoms with Crippen LogP contribution < -0.4 is 29.6 Å². The summed E-state index contributed by atoms with van der Waals surface area (Å²) in [6.45, 7) is 0. The molecule has 0 saturated heterocycles. The molecule has 0 rings (SSSR count). The van der Waals surface area contributed by atoms with Crippen molar-refractivity contribution in [1.29, 1.82) is 0 Å². The van der Waals surface area contributed by atoms with Crippen molar-refractivity contribution < 1.29 is 62.1 Å². The van der Waals surface area contributed by atoms with E-state index < -0.39 is 30.4 Å². The minimum absolute atomic E-state index is 0. The number of rotatable bonds is 6. The van der Waals surface area contributed by atoms with Crippen LogP contribution in [0.15, 0.2) is 0 Å². The van der Waals surface area contributed by atoms with Gasteiger partial charge in [0.05, 0.1) is 19.2 Å². The van der Waals surface area contributed by atoms with Crippen molar-refractivity contribution in [2.45, 2.75) is 12.7 Å². The van der Waals surface area contributed by atoms with Crippen LogP contribution in [-0.4, -0.2) is 45.8 Å². The molecule has 0 aromatic rings. The van der Waals surface area contributed by atoms with Gasteiger partial charge >= 0.3 is 29.6 Å². The van der Waals surface area contributed by atoms with Crippen LogP contribution in [0.1, 0.15) is 0 Å². The molecule has 5 nitrogen and oxygen atoms in total. The number of carbonyl (C=O) groups is 2. The van der Waals surface area contributed by atoms with Crippen molar-refractivity contribution in [2.75, 3.05) is 21.3 Å². The molecule has 0 saturated carbocycles. The van der Waals surface area contributed by atoms with Crippen molar-refractivity contribution in [1.82, 2.24) is 0 Å². The van der Waals surface area contributed by atoms with Gasteiger partial charge in [0.15, 0.2) is 5.97 Å². The Bertz CT molecular complexity index is 232. The van der Waals surface area contributed by atoms with Gasteiger partial charge < -0.3 is 19.0 Å². The van der Waals surface area contributed by atoms with Gasteiger partial charge in [-0.15, -0.1) is 5.92 Å². The summed E-state index contributed by atoms with van der Waals surface area (Å²) in [7, 11) is 3.18. The van der Waals surface area contributed by atoms with E-state index in [0.717, 1.165) is 21.3 Å². The first-order chi connectivity index (χ1) is 6.99. The molecule has 0 aliphatic heterocycles. The molecule has 0 spiro atoms. The summed E-state index contributed by atoms with van der Waals surface area (Å²) in [5.41, 5.74) is 0. The molecule has 88 valence electrons. The number of esters is 1. The second kappa shape index (κ2) is 8.89. The first kappa shape index (κ1) is 18.2. The molecule has 0 atom stereocenters. The van der Waals surface area contributed by atoms with Gasteiger partial charge in [-0.05, 0) is 0 Å². The minimum atomic E-state index is -3.31. The van der Waals surface area contributed by atoms with Gasteiger partial charge in [0.25, 0.3) is 6.43 Å². The molecule has 0 heterocycles. The van der Waals surface area contributed by atoms with Gasteiger partial charge in [-0.3, -0.25) is 4.79 Å². The summed E-state index contributed by atoms with van der Waals surface area (Å²) in [5, 5.41) is 0. The van der Waals surface area contributed by atoms with Crippen LogP contribution in [0.2, 0.25) is 0 Å². The molecular formula is C8H11F2NaO5. The number of ether oxygens (including phenoxy) is 3. The molecule has 16 heavy (non-hydrogen) atoms. The van der Waals surface area contributed by atoms with Crippen molar-refractivity contribution in [3.8, 4) is 0 Å². The number of carbonyl (C=O) groups excluding carboxylic acids is 2. The maximum atomic E-state index is 12.1. The third kappa shape index (κ3) is 4.75. The summed E-state index contributed by atoms with van der Waals surface area (Å²) in [6, 6.07) is 0. The molecule has 0 amide bonds. The van der Waals surface area contributed by atoms with E-state index >= 15 is 0 Å². The Hall–Kier alpha value is -0.210. The van der Waals surface area contributed by atoms with Gasteiger partial charge in [-0.1, -0.05) is 0 Å². The maximum Gasteiger partial charge on any atom is 1.00 e. The average Bonchev–Trinajstić information content (AvgIpc) is 2.23. The Morgan fingerprint density at radius 3 is 1.81 bits per heavy atom. The molecular weight excluding hydrogens is 237 g/mol. The summed E-state index contributed by atoms with van der Waals surface area (Å²) >= 11 is 0. The molecule has 0 fully saturated rings. The van der Waals surface area contributed by atoms with E-state index in [1.165, 1.54) is 0 Å². The summed E-state index contributed by atoms with van der Waals surface area (Å²) < 4.78 is 37.5. The number of Topliss-reactive ketones (excluding diaryl/α,β-unsaturated/α-hetero) is 1. The summed E-state index contributed by atoms with van der Waals surface area (Å²) in [4.78, 5) is 22.0. The summed E-state index contributed by atoms with van der Waals surface area (Å²) in [5.74, 6) is -3.73. The predicted octanol–water partition coefficient (Wildman–Crippen LogP) is -2.81. The molecule has 0 aromatic heterocycles. The van der Waals surface area contributed by atoms with Crippen LogP contribution in [0, 0.1) is 5.92 Å². The Morgan fingerprint density at radius 1 is 1.12 bits per heavy atom. The maximum absolute atomic E-state index is 12.1. The number of methoxy groups -OCH3 is 3. The zero-order chi connectivity index (χ0) is 12.0. The van der Waals surface area contributed by atoms with Gasteiger partial charge in [0.1, 0.15) is 0 Å². The van der Waals surface area contributed by atoms with Crippen molar-refractivity contribution in [2.24, 2.45) is 0 Å². The van der Waals surface area contributed by atoms with Crippen molar-refractivity contribution in [3.63, 3.8) is 0 Å². The number of ketones is 1. The van der Waals surface area contributed by atoms with Crippen molar-refractivity contribution in [3.05, 3.63) is 5.92 Å². The second-order valence-electron chi connectivity index (χ2n) is 2.37. The Kier molecular flexibility index (Phi) is 10.1. The van der Waals surface area contributed by atoms with E-state index in [9.17, 15) is 18.4 Å². The number of alkyl halides is 2. The Labute approximate surface area is 114 Å². The molecule has 0 unspecified atom stereocenters. The first-order valence-corrected chi connectivity index (χ1v) is 3.82. The SMILES string of the molecule is COC(=O)[C-](C(=O)C(F)F)C(OC)OC.[Na+]. The second-order valence-corrected chi connectivity index (χ2v) is 2.37. The standard InChI is InChI=1S/C8H11F2O5.Na/c1-13-7(12)4(5(11)6(9)10)8(14-2)15-3;/h6,8H,1-3H3;/q-1;+1. The summed E-state index contributed by atoms with van der Waals surface area (Å²) in [6.07, 6.45) is -4.77. The van der Waals surface area contributed by atoms with Crippen LogP contribution in [-0.2, 0) is 23.8 Å². The van der Waals surface area contributed by atoms with E-state index in [0.29, 0.717) is 0 Å². The molecule has 0 aliphatic carbocycles. The van der Waals surface area contributed by atoms with Gasteiger partial charge in [0.2, 0.25) is 0 Å². The Balaban J connectivity index is 0. The van der Waals surface area contributed by atoms with Gasteiger partial charge in [-0.2, -0.15) is 0 Å². The van der Waals surface area contributed by atoms with Gasteiger partial charge in [-0.25, -0.2) is 8.78 Å². The minimum Gasteiger partial charge on any atom is -0.491 e. The fraction of sp³-hybridized carbons (Fsp3) is 0.625. The normalized spacial score (nSPS) is 9.94. The van der Waals surface area contributed by atoms with Crippen LogP contribution in [0.4, 0.5) is 8.78 Å². The molecule has 0 aliphatic rings. The van der Waals surface area contributed by atoms with Gasteiger partial charge in [0, 0.05) is 14.2 Å². The van der Waals surface area contributed by atoms with E-state index in [2.05, 4.69) is 14.2 Å². The molecule has 0 N–H and O–H groups in total. The largest absolute Gasteiger partial charge is 1.00 e. The Morgan fingerprint density at radius 2 is 1.56 bits per heavy atom. The quantitative estimate of drug-likeness (QED) is 0.167. The molecule has 0 aromatic carbocycles. The van der Waals surface area contributed by atoms with Crippen LogP contribution in [0.3, 0.4) is 0 Å². The van der Waals surface area contributed by atoms with E-state index in [1.807, 2.05) is 0 Å². The van der Waals surface area contributed by atoms with E-state index in [4.69, 9.17) is 0 Å². The monoisotopic (exact) mass is 248 g/mol. The number of hydrogen-bond donors (Lipinski definition) is 0. The third-order valence-corrected chi connectivity index (χ3v) is 1.53. The van der Waals surface area contributed by atoms with E-state index in [1.54, 1.807) is 0 Å². The van der Waals surface area contributed by atoms with Crippen LogP contribution >= 0.6 is 0 Å². The number of halogens is 2. The van der Waals surface area contributed by atoms with Crippen LogP contribution in [0.5, 0.6) is 0 Å². The molecule has 0 bridgehead atoms. The molecule has 0 radical (unpaired) electrons. The smallest absolute Gasteiger partial charge is 0.491 e. The average molecular weight is 248 g/mol. The van der Waals surface area contributed by atoms with Crippen LogP contribution in [0.25, 0.3) is 0 Å². The van der Waals surface area contributed by atoms with Crippen molar-refractivity contribution >= 4 is 11.8 Å². The third-order valence-electron chi connectivity index (χ3n) is 1.53. The first-order valence-electron chi connectivity index (χ1n) is 3.82. The zero-order valence-corrected chi connectivity index (χ0v) is 11.5. The predicted molar refractivity (Wildman–Crippen MR) is 44.1 cm³/mol.